The van der Waals surface area contributed by atoms with Crippen molar-refractivity contribution in [3.05, 3.63) is 118 Å². The molecule has 0 aliphatic heterocycles. The Kier molecular flexibility index (Phi) is 6.59. The number of benzene rings is 4. The summed E-state index contributed by atoms with van der Waals surface area (Å²) in [5.41, 5.74) is 14.8. The Bertz CT molecular complexity index is 1630. The van der Waals surface area contributed by atoms with Crippen LogP contribution in [0.2, 0.25) is 13.1 Å². The van der Waals surface area contributed by atoms with Crippen molar-refractivity contribution < 1.29 is 15.6 Å². The number of rotatable bonds is 5. The van der Waals surface area contributed by atoms with Gasteiger partial charge in [-0.05, 0) is 0 Å². The molecule has 2 aliphatic rings. The van der Waals surface area contributed by atoms with Gasteiger partial charge in [0.25, 0.3) is 0 Å². The van der Waals surface area contributed by atoms with E-state index in [0.29, 0.717) is 0 Å². The van der Waals surface area contributed by atoms with E-state index < -0.39 is 21.5 Å². The van der Waals surface area contributed by atoms with E-state index in [1.165, 1.54) is 64.5 Å². The third-order valence-electron chi connectivity index (χ3n) is 9.18. The molecule has 0 amide bonds. The van der Waals surface area contributed by atoms with Gasteiger partial charge in [0.15, 0.2) is 0 Å². The third-order valence-corrected chi connectivity index (χ3v) is 59.2. The number of hydrogen-bond donors (Lipinski definition) is 0. The number of halogens is 2. The monoisotopic (exact) mass is 631 g/mol. The Labute approximate surface area is 236 Å². The number of allylic oxidation sites excluding steroid dienone is 1. The van der Waals surface area contributed by atoms with Crippen LogP contribution >= 0.6 is 17.0 Å². The first-order valence-corrected chi connectivity index (χ1v) is 30.0. The van der Waals surface area contributed by atoms with Gasteiger partial charge in [0.1, 0.15) is 0 Å². The molecular formula is C34H35Cl2SiZr. The standard InChI is InChI=1S/C19H19.C13H9.C2H7Si.2ClH.Zr/c1-4-15-11-16-6-5-7-18(19(16)12-15)17-9-8-13(2)10-14(17)3;1-3-7-12-10(5-1)9-11-6-2-4-8-13(11)12;1-3-2;;;/h5-12H,4H2,1-3H3;1-5,7-8H,9H2;3H,1-2H3;2*1H;/q;;;;;+2/p-2. The van der Waals surface area contributed by atoms with Gasteiger partial charge in [0, 0.05) is 0 Å². The van der Waals surface area contributed by atoms with Crippen molar-refractivity contribution in [3.8, 4) is 22.3 Å². The Hall–Kier alpha value is -1.70. The van der Waals surface area contributed by atoms with Crippen molar-refractivity contribution in [3.63, 3.8) is 0 Å². The molecule has 0 radical (unpaired) electrons. The van der Waals surface area contributed by atoms with Crippen LogP contribution in [0, 0.1) is 13.8 Å². The molecule has 0 fully saturated rings. The summed E-state index contributed by atoms with van der Waals surface area (Å²) >= 11 is -4.67. The second-order valence-corrected chi connectivity index (χ2v) is 53.0. The van der Waals surface area contributed by atoms with Crippen LogP contribution < -0.4 is 3.27 Å². The summed E-state index contributed by atoms with van der Waals surface area (Å²) in [5.74, 6) is -1.55. The summed E-state index contributed by atoms with van der Waals surface area (Å²) in [5, 5.41) is 0. The van der Waals surface area contributed by atoms with Crippen LogP contribution in [-0.4, -0.2) is 5.92 Å². The van der Waals surface area contributed by atoms with Crippen LogP contribution in [0.3, 0.4) is 0 Å². The van der Waals surface area contributed by atoms with Crippen molar-refractivity contribution in [1.82, 2.24) is 0 Å². The molecule has 0 aromatic heterocycles. The molecule has 0 saturated heterocycles. The first-order valence-electron chi connectivity index (χ1n) is 13.8. The fourth-order valence-corrected chi connectivity index (χ4v) is 35.2. The maximum atomic E-state index is 8.34. The average Bonchev–Trinajstić information content (AvgIpc) is 3.47. The molecule has 0 bridgehead atoms. The van der Waals surface area contributed by atoms with E-state index in [1.807, 2.05) is 0 Å². The van der Waals surface area contributed by atoms with Gasteiger partial charge in [0.05, 0.1) is 0 Å². The van der Waals surface area contributed by atoms with Gasteiger partial charge >= 0.3 is 238 Å². The van der Waals surface area contributed by atoms with Gasteiger partial charge < -0.3 is 0 Å². The zero-order chi connectivity index (χ0) is 26.8. The first kappa shape index (κ1) is 26.5. The molecule has 0 nitrogen and oxygen atoms in total. The summed E-state index contributed by atoms with van der Waals surface area (Å²) < 4.78 is 1.44. The molecule has 6 rings (SSSR count). The zero-order valence-electron chi connectivity index (χ0n) is 22.9. The van der Waals surface area contributed by atoms with Gasteiger partial charge in [-0.3, -0.25) is 0 Å². The third kappa shape index (κ3) is 3.78. The fourth-order valence-electron chi connectivity index (χ4n) is 7.15. The quantitative estimate of drug-likeness (QED) is 0.169. The van der Waals surface area contributed by atoms with Crippen LogP contribution in [0.1, 0.15) is 50.4 Å². The molecule has 4 heteroatoms. The molecule has 0 saturated carbocycles. The number of aryl methyl sites for hydroxylation is 2. The van der Waals surface area contributed by atoms with E-state index in [4.69, 9.17) is 17.0 Å². The molecule has 4 aromatic rings. The van der Waals surface area contributed by atoms with Crippen molar-refractivity contribution in [2.45, 2.75) is 50.3 Å². The van der Waals surface area contributed by atoms with Gasteiger partial charge in [-0.2, -0.15) is 0 Å². The van der Waals surface area contributed by atoms with Gasteiger partial charge in [-0.1, -0.05) is 0 Å². The van der Waals surface area contributed by atoms with Crippen LogP contribution in [0.5, 0.6) is 0 Å². The van der Waals surface area contributed by atoms with E-state index in [2.05, 4.69) is 119 Å². The SMILES string of the molecule is CCC1=Cc2c(-c3ccc(C)cc3C)cccc2[CH]1[Zr]([Cl])([Cl])([c]1cccc2c1Cc1ccccc1-2)[SiH](C)C. The number of hydrogen-bond acceptors (Lipinski definition) is 0. The summed E-state index contributed by atoms with van der Waals surface area (Å²) in [4.78, 5) is 0. The minimum atomic E-state index is -4.67. The Morgan fingerprint density at radius 2 is 1.53 bits per heavy atom. The Balaban J connectivity index is 1.60. The molecule has 0 N–H and O–H groups in total. The summed E-state index contributed by atoms with van der Waals surface area (Å²) in [6.07, 6.45) is 4.34. The second kappa shape index (κ2) is 9.45. The Morgan fingerprint density at radius 3 is 2.26 bits per heavy atom. The average molecular weight is 634 g/mol. The molecular weight excluding hydrogens is 599 g/mol. The van der Waals surface area contributed by atoms with E-state index >= 15 is 0 Å². The predicted molar refractivity (Wildman–Crippen MR) is 167 cm³/mol. The van der Waals surface area contributed by atoms with E-state index in [9.17, 15) is 0 Å². The van der Waals surface area contributed by atoms with Crippen LogP contribution in [0.25, 0.3) is 28.3 Å². The van der Waals surface area contributed by atoms with E-state index in [-0.39, 0.29) is 3.63 Å². The molecule has 1 atom stereocenters. The van der Waals surface area contributed by atoms with Crippen LogP contribution in [-0.2, 0) is 22.0 Å². The van der Waals surface area contributed by atoms with Crippen molar-refractivity contribution in [2.24, 2.45) is 0 Å². The molecule has 193 valence electrons. The second-order valence-electron chi connectivity index (χ2n) is 11.6. The van der Waals surface area contributed by atoms with Gasteiger partial charge in [0.2, 0.25) is 0 Å². The predicted octanol–water partition coefficient (Wildman–Crippen LogP) is 9.70. The minimum absolute atomic E-state index is 0.118. The summed E-state index contributed by atoms with van der Waals surface area (Å²) in [6.45, 7) is 11.5. The molecule has 2 aliphatic carbocycles. The molecule has 0 spiro atoms. The number of fused-ring (bicyclic) bond motifs is 4. The maximum absolute atomic E-state index is 8.34. The van der Waals surface area contributed by atoms with Crippen molar-refractivity contribution in [2.75, 3.05) is 0 Å². The summed E-state index contributed by atoms with van der Waals surface area (Å²) in [7, 11) is 16.7. The van der Waals surface area contributed by atoms with Crippen LogP contribution in [0.15, 0.2) is 84.4 Å². The summed E-state index contributed by atoms with van der Waals surface area (Å²) in [6, 6.07) is 29.2. The molecule has 1 unspecified atom stereocenters. The normalized spacial score (nSPS) is 17.0. The van der Waals surface area contributed by atoms with Crippen molar-refractivity contribution in [1.29, 1.82) is 0 Å². The van der Waals surface area contributed by atoms with Gasteiger partial charge in [-0.25, -0.2) is 0 Å². The fraction of sp³-hybridized carbons (Fsp3) is 0.235. The van der Waals surface area contributed by atoms with E-state index in [1.54, 1.807) is 0 Å². The first-order chi connectivity index (χ1) is 18.1. The zero-order valence-corrected chi connectivity index (χ0v) is 28.0. The molecule has 38 heavy (non-hydrogen) atoms. The molecule has 4 aromatic carbocycles. The Morgan fingerprint density at radius 1 is 0.816 bits per heavy atom. The molecule has 0 heterocycles. The van der Waals surface area contributed by atoms with Crippen LogP contribution in [0.4, 0.5) is 0 Å². The topological polar surface area (TPSA) is 0 Å². The van der Waals surface area contributed by atoms with Gasteiger partial charge in [-0.15, -0.1) is 0 Å². The van der Waals surface area contributed by atoms with Crippen molar-refractivity contribution >= 4 is 32.3 Å². The van der Waals surface area contributed by atoms with E-state index in [0.717, 1.165) is 12.8 Å².